The van der Waals surface area contributed by atoms with Crippen molar-refractivity contribution in [2.75, 3.05) is 6.54 Å². The second-order valence-electron chi connectivity index (χ2n) is 10.4. The van der Waals surface area contributed by atoms with Crippen LogP contribution in [0, 0.1) is 5.92 Å². The zero-order chi connectivity index (χ0) is 24.5. The van der Waals surface area contributed by atoms with Gasteiger partial charge in [-0.25, -0.2) is 0 Å². The minimum atomic E-state index is -0.435. The van der Waals surface area contributed by atoms with Crippen molar-refractivity contribution in [1.29, 1.82) is 0 Å². The summed E-state index contributed by atoms with van der Waals surface area (Å²) in [4.78, 5) is 34.1. The number of ether oxygens (including phenoxy) is 1. The van der Waals surface area contributed by atoms with E-state index in [0.29, 0.717) is 24.7 Å². The highest BCUT2D eigenvalue weighted by molar-refractivity contribution is 5.96. The topological polar surface area (TPSA) is 64.4 Å². The second kappa shape index (κ2) is 9.92. The van der Waals surface area contributed by atoms with Crippen LogP contribution in [0.5, 0.6) is 5.75 Å². The molecular weight excluding hydrogens is 450 g/mol. The van der Waals surface area contributed by atoms with Crippen LogP contribution in [0.25, 0.3) is 0 Å². The lowest BCUT2D eigenvalue weighted by atomic mass is 9.83. The lowest BCUT2D eigenvalue weighted by Gasteiger charge is -2.41. The number of carbonyl (C=O) groups excluding carboxylic acids is 1. The molecule has 1 aliphatic heterocycles. The van der Waals surface area contributed by atoms with Gasteiger partial charge in [0.2, 0.25) is 5.75 Å². The third-order valence-electron chi connectivity index (χ3n) is 8.25. The van der Waals surface area contributed by atoms with Crippen molar-refractivity contribution in [3.63, 3.8) is 0 Å². The molecule has 0 spiro atoms. The number of aromatic nitrogens is 2. The van der Waals surface area contributed by atoms with Crippen LogP contribution in [-0.2, 0) is 13.2 Å². The number of hydrogen-bond donors (Lipinski definition) is 0. The summed E-state index contributed by atoms with van der Waals surface area (Å²) in [5.74, 6) is 1.13. The van der Waals surface area contributed by atoms with E-state index in [9.17, 15) is 9.59 Å². The number of nitrogens with zero attached hydrogens (tertiary/aromatic N) is 3. The molecule has 2 saturated carbocycles. The van der Waals surface area contributed by atoms with Crippen molar-refractivity contribution in [3.05, 3.63) is 93.7 Å². The third-order valence-corrected chi connectivity index (χ3v) is 8.25. The standard InChI is InChI=1S/C30H33N3O3/c34-29-27(36-20-21-10-3-1-4-11-21)26-30(35)32(24-16-9-17-24)18-19-33(26)28(31-29)25(23-14-7-8-15-23)22-12-5-2-6-13-22/h1-6,10-13,23-25H,7-9,14-20H2. The van der Waals surface area contributed by atoms with Crippen molar-refractivity contribution in [1.82, 2.24) is 14.5 Å². The van der Waals surface area contributed by atoms with Gasteiger partial charge in [0.15, 0.2) is 5.69 Å². The van der Waals surface area contributed by atoms with Crippen molar-refractivity contribution < 1.29 is 9.53 Å². The molecule has 6 heteroatoms. The summed E-state index contributed by atoms with van der Waals surface area (Å²) in [5, 5.41) is 0. The van der Waals surface area contributed by atoms with Crippen LogP contribution in [0.2, 0.25) is 0 Å². The van der Waals surface area contributed by atoms with Crippen LogP contribution in [0.3, 0.4) is 0 Å². The number of benzene rings is 2. The van der Waals surface area contributed by atoms with E-state index in [4.69, 9.17) is 4.74 Å². The summed E-state index contributed by atoms with van der Waals surface area (Å²) in [7, 11) is 0. The van der Waals surface area contributed by atoms with Gasteiger partial charge in [-0.3, -0.25) is 9.59 Å². The summed E-state index contributed by atoms with van der Waals surface area (Å²) in [5.41, 5.74) is 2.07. The lowest BCUT2D eigenvalue weighted by molar-refractivity contribution is 0.0496. The Labute approximate surface area is 211 Å². The average molecular weight is 484 g/mol. The van der Waals surface area contributed by atoms with E-state index in [0.717, 1.165) is 49.1 Å². The van der Waals surface area contributed by atoms with Gasteiger partial charge in [-0.15, -0.1) is 0 Å². The highest BCUT2D eigenvalue weighted by atomic mass is 16.5. The molecule has 1 aromatic heterocycles. The lowest BCUT2D eigenvalue weighted by Crippen LogP contribution is -2.51. The van der Waals surface area contributed by atoms with Gasteiger partial charge in [0.25, 0.3) is 5.91 Å². The smallest absolute Gasteiger partial charge is 0.316 e. The first-order valence-corrected chi connectivity index (χ1v) is 13.4. The van der Waals surface area contributed by atoms with Gasteiger partial charge in [-0.1, -0.05) is 73.5 Å². The normalized spacial score (nSPS) is 19.1. The Morgan fingerprint density at radius 2 is 1.56 bits per heavy atom. The fourth-order valence-corrected chi connectivity index (χ4v) is 6.17. The van der Waals surface area contributed by atoms with Crippen LogP contribution in [0.15, 0.2) is 65.5 Å². The van der Waals surface area contributed by atoms with E-state index < -0.39 is 5.56 Å². The maximum Gasteiger partial charge on any atom is 0.316 e. The Bertz CT molecular complexity index is 1280. The average Bonchev–Trinajstić information content (AvgIpc) is 3.40. The van der Waals surface area contributed by atoms with E-state index >= 15 is 0 Å². The fourth-order valence-electron chi connectivity index (χ4n) is 6.17. The number of hydrogen-bond acceptors (Lipinski definition) is 4. The Balaban J connectivity index is 1.47. The fraction of sp³-hybridized carbons (Fsp3) is 0.433. The van der Waals surface area contributed by atoms with E-state index in [2.05, 4.69) is 17.1 Å². The molecule has 186 valence electrons. The highest BCUT2D eigenvalue weighted by Gasteiger charge is 2.40. The van der Waals surface area contributed by atoms with Crippen molar-refractivity contribution in [2.24, 2.45) is 5.92 Å². The molecular formula is C30H33N3O3. The SMILES string of the molecule is O=C1c2c(OCc3ccccc3)c(=O)nc(C(c3ccccc3)C3CCCC3)n2CCN1C1CCC1. The van der Waals surface area contributed by atoms with Crippen LogP contribution in [0.4, 0.5) is 0 Å². The first-order chi connectivity index (χ1) is 17.7. The molecule has 1 amide bonds. The number of amides is 1. The number of carbonyl (C=O) groups is 1. The molecule has 0 bridgehead atoms. The van der Waals surface area contributed by atoms with Crippen molar-refractivity contribution >= 4 is 5.91 Å². The van der Waals surface area contributed by atoms with E-state index in [1.54, 1.807) is 0 Å². The number of rotatable bonds is 7. The molecule has 3 aromatic rings. The zero-order valence-corrected chi connectivity index (χ0v) is 20.6. The predicted molar refractivity (Wildman–Crippen MR) is 138 cm³/mol. The predicted octanol–water partition coefficient (Wildman–Crippen LogP) is 5.15. The van der Waals surface area contributed by atoms with Gasteiger partial charge in [0.1, 0.15) is 12.4 Å². The molecule has 0 N–H and O–H groups in total. The van der Waals surface area contributed by atoms with Crippen LogP contribution in [0.1, 0.15) is 78.3 Å². The maximum atomic E-state index is 13.9. The molecule has 6 rings (SSSR count). The summed E-state index contributed by atoms with van der Waals surface area (Å²) < 4.78 is 8.12. The van der Waals surface area contributed by atoms with E-state index in [1.807, 2.05) is 58.0 Å². The van der Waals surface area contributed by atoms with Gasteiger partial charge < -0.3 is 14.2 Å². The molecule has 2 aromatic carbocycles. The molecule has 0 radical (unpaired) electrons. The summed E-state index contributed by atoms with van der Waals surface area (Å²) in [6, 6.07) is 20.4. The molecule has 2 fully saturated rings. The van der Waals surface area contributed by atoms with Crippen LogP contribution >= 0.6 is 0 Å². The third kappa shape index (κ3) is 4.23. The Morgan fingerprint density at radius 3 is 2.22 bits per heavy atom. The summed E-state index contributed by atoms with van der Waals surface area (Å²) >= 11 is 0. The van der Waals surface area contributed by atoms with Crippen LogP contribution in [-0.4, -0.2) is 32.9 Å². The van der Waals surface area contributed by atoms with Gasteiger partial charge >= 0.3 is 5.56 Å². The molecule has 1 atom stereocenters. The molecule has 2 aliphatic carbocycles. The highest BCUT2D eigenvalue weighted by Crippen LogP contribution is 2.42. The van der Waals surface area contributed by atoms with E-state index in [-0.39, 0.29) is 30.2 Å². The zero-order valence-electron chi connectivity index (χ0n) is 20.6. The quantitative estimate of drug-likeness (QED) is 0.466. The minimum Gasteiger partial charge on any atom is -0.481 e. The Morgan fingerprint density at radius 1 is 0.861 bits per heavy atom. The molecule has 6 nitrogen and oxygen atoms in total. The molecule has 1 unspecified atom stereocenters. The van der Waals surface area contributed by atoms with Gasteiger partial charge in [0.05, 0.1) is 0 Å². The van der Waals surface area contributed by atoms with Crippen LogP contribution < -0.4 is 10.3 Å². The molecule has 2 heterocycles. The van der Waals surface area contributed by atoms with Gasteiger partial charge in [-0.05, 0) is 49.1 Å². The maximum absolute atomic E-state index is 13.9. The number of fused-ring (bicyclic) bond motifs is 1. The monoisotopic (exact) mass is 483 g/mol. The minimum absolute atomic E-state index is 0.00799. The summed E-state index contributed by atoms with van der Waals surface area (Å²) in [6.07, 6.45) is 7.82. The van der Waals surface area contributed by atoms with Crippen molar-refractivity contribution in [2.45, 2.75) is 70.1 Å². The summed E-state index contributed by atoms with van der Waals surface area (Å²) in [6.45, 7) is 1.52. The molecule has 3 aliphatic rings. The Kier molecular flexibility index (Phi) is 6.34. The molecule has 36 heavy (non-hydrogen) atoms. The first-order valence-electron chi connectivity index (χ1n) is 13.4. The van der Waals surface area contributed by atoms with Gasteiger partial charge in [-0.2, -0.15) is 4.98 Å². The Hall–Kier alpha value is -3.41. The first kappa shape index (κ1) is 23.0. The van der Waals surface area contributed by atoms with Gasteiger partial charge in [0, 0.05) is 25.0 Å². The largest absolute Gasteiger partial charge is 0.481 e. The van der Waals surface area contributed by atoms with Crippen molar-refractivity contribution in [3.8, 4) is 5.75 Å². The van der Waals surface area contributed by atoms with E-state index in [1.165, 1.54) is 12.8 Å². The molecule has 0 saturated heterocycles. The second-order valence-corrected chi connectivity index (χ2v) is 10.4.